The van der Waals surface area contributed by atoms with Crippen molar-refractivity contribution in [2.24, 2.45) is 5.92 Å². The number of ether oxygens (including phenoxy) is 2. The van der Waals surface area contributed by atoms with Gasteiger partial charge in [0.15, 0.2) is 5.78 Å². The lowest BCUT2D eigenvalue weighted by Gasteiger charge is -2.31. The van der Waals surface area contributed by atoms with Crippen molar-refractivity contribution < 1.29 is 32.2 Å². The molecule has 2 aromatic carbocycles. The average Bonchev–Trinajstić information content (AvgIpc) is 2.78. The highest BCUT2D eigenvalue weighted by Gasteiger charge is 2.29. The predicted octanol–water partition coefficient (Wildman–Crippen LogP) is 4.51. The quantitative estimate of drug-likeness (QED) is 0.601. The molecule has 2 aromatic rings. The maximum absolute atomic E-state index is 12.7. The predicted molar refractivity (Wildman–Crippen MR) is 108 cm³/mol. The van der Waals surface area contributed by atoms with Crippen molar-refractivity contribution in [3.8, 4) is 5.75 Å². The third-order valence-corrected chi connectivity index (χ3v) is 5.26. The maximum Gasteiger partial charge on any atom is 0.411 e. The Balaban J connectivity index is 1.50. The summed E-state index contributed by atoms with van der Waals surface area (Å²) in [5.41, 5.74) is 1.65. The second-order valence-electron chi connectivity index (χ2n) is 7.46. The molecule has 3 rings (SSSR count). The van der Waals surface area contributed by atoms with Gasteiger partial charge in [0.25, 0.3) is 5.91 Å². The third kappa shape index (κ3) is 6.30. The molecule has 1 saturated heterocycles. The van der Waals surface area contributed by atoms with Crippen molar-refractivity contribution in [2.45, 2.75) is 25.6 Å². The molecule has 0 unspecified atom stereocenters. The summed E-state index contributed by atoms with van der Waals surface area (Å²) < 4.78 is 46.1. The molecule has 0 radical (unpaired) electrons. The molecule has 0 aliphatic carbocycles. The number of nitrogens with zero attached hydrogens (tertiary/aromatic N) is 1. The Kier molecular flexibility index (Phi) is 7.33. The smallest absolute Gasteiger partial charge is 0.411 e. The SMILES string of the molecule is COc1ccc(C(=O)C2CCN(C(=O)c3ccc(COCC(F)(F)F)cc3)CC2)cc1. The van der Waals surface area contributed by atoms with Crippen molar-refractivity contribution in [3.63, 3.8) is 0 Å². The summed E-state index contributed by atoms with van der Waals surface area (Å²) in [6.07, 6.45) is -3.20. The van der Waals surface area contributed by atoms with Crippen LogP contribution in [-0.2, 0) is 11.3 Å². The molecule has 1 heterocycles. The summed E-state index contributed by atoms with van der Waals surface area (Å²) in [5, 5.41) is 0. The molecule has 0 atom stereocenters. The fourth-order valence-corrected chi connectivity index (χ4v) is 3.55. The summed E-state index contributed by atoms with van der Waals surface area (Å²) in [5.74, 6) is 0.469. The molecule has 1 aliphatic heterocycles. The highest BCUT2D eigenvalue weighted by atomic mass is 19.4. The molecule has 5 nitrogen and oxygen atoms in total. The number of ketones is 1. The van der Waals surface area contributed by atoms with Crippen LogP contribution in [0.15, 0.2) is 48.5 Å². The zero-order valence-electron chi connectivity index (χ0n) is 17.2. The second kappa shape index (κ2) is 9.96. The van der Waals surface area contributed by atoms with Gasteiger partial charge >= 0.3 is 6.18 Å². The Labute approximate surface area is 178 Å². The summed E-state index contributed by atoms with van der Waals surface area (Å²) in [7, 11) is 1.57. The third-order valence-electron chi connectivity index (χ3n) is 5.26. The fourth-order valence-electron chi connectivity index (χ4n) is 3.55. The van der Waals surface area contributed by atoms with Gasteiger partial charge in [0.05, 0.1) is 13.7 Å². The van der Waals surface area contributed by atoms with Crippen LogP contribution in [0.25, 0.3) is 0 Å². The van der Waals surface area contributed by atoms with Gasteiger partial charge in [-0.25, -0.2) is 0 Å². The van der Waals surface area contributed by atoms with Crippen LogP contribution in [0.4, 0.5) is 13.2 Å². The number of carbonyl (C=O) groups is 2. The Morgan fingerprint density at radius 2 is 1.55 bits per heavy atom. The van der Waals surface area contributed by atoms with Crippen LogP contribution < -0.4 is 4.74 Å². The first kappa shape index (κ1) is 22.8. The van der Waals surface area contributed by atoms with Crippen LogP contribution in [-0.4, -0.2) is 49.6 Å². The highest BCUT2D eigenvalue weighted by molar-refractivity contribution is 5.98. The van der Waals surface area contributed by atoms with E-state index in [-0.39, 0.29) is 24.2 Å². The summed E-state index contributed by atoms with van der Waals surface area (Å²) in [6, 6.07) is 13.4. The van der Waals surface area contributed by atoms with Crippen LogP contribution in [0.2, 0.25) is 0 Å². The van der Waals surface area contributed by atoms with Crippen LogP contribution in [0.1, 0.15) is 39.1 Å². The number of Topliss-reactive ketones (excluding diaryl/α,β-unsaturated/α-hetero) is 1. The van der Waals surface area contributed by atoms with Gasteiger partial charge in [-0.1, -0.05) is 12.1 Å². The minimum atomic E-state index is -4.36. The monoisotopic (exact) mass is 435 g/mol. The van der Waals surface area contributed by atoms with Gasteiger partial charge in [-0.15, -0.1) is 0 Å². The van der Waals surface area contributed by atoms with Crippen molar-refractivity contribution in [1.82, 2.24) is 4.90 Å². The molecule has 8 heteroatoms. The van der Waals surface area contributed by atoms with Crippen LogP contribution >= 0.6 is 0 Å². The topological polar surface area (TPSA) is 55.8 Å². The molecule has 0 aromatic heterocycles. The number of hydrogen-bond donors (Lipinski definition) is 0. The van der Waals surface area contributed by atoms with Gasteiger partial charge in [-0.05, 0) is 54.8 Å². The molecule has 0 saturated carbocycles. The number of methoxy groups -OCH3 is 1. The largest absolute Gasteiger partial charge is 0.497 e. The van der Waals surface area contributed by atoms with Crippen LogP contribution in [0.3, 0.4) is 0 Å². The van der Waals surface area contributed by atoms with E-state index in [1.54, 1.807) is 60.5 Å². The standard InChI is InChI=1S/C23H24F3NO4/c1-30-20-8-6-17(7-9-20)21(28)18-10-12-27(13-11-18)22(29)19-4-2-16(3-5-19)14-31-15-23(24,25)26/h2-9,18H,10-15H2,1H3. The maximum atomic E-state index is 12.7. The zero-order chi connectivity index (χ0) is 22.4. The Bertz CT molecular complexity index is 887. The molecule has 1 amide bonds. The molecule has 0 spiro atoms. The number of alkyl halides is 3. The number of benzene rings is 2. The first-order chi connectivity index (χ1) is 14.8. The van der Waals surface area contributed by atoms with Gasteiger partial charge < -0.3 is 14.4 Å². The number of likely N-dealkylation sites (tertiary alicyclic amines) is 1. The van der Waals surface area contributed by atoms with E-state index in [1.165, 1.54) is 0 Å². The average molecular weight is 435 g/mol. The van der Waals surface area contributed by atoms with Crippen LogP contribution in [0, 0.1) is 5.92 Å². The molecule has 1 fully saturated rings. The van der Waals surface area contributed by atoms with E-state index in [9.17, 15) is 22.8 Å². The van der Waals surface area contributed by atoms with E-state index in [0.717, 1.165) is 0 Å². The lowest BCUT2D eigenvalue weighted by atomic mass is 9.88. The molecule has 0 bridgehead atoms. The van der Waals surface area contributed by atoms with Crippen molar-refractivity contribution in [3.05, 3.63) is 65.2 Å². The molecule has 31 heavy (non-hydrogen) atoms. The number of hydrogen-bond acceptors (Lipinski definition) is 4. The minimum Gasteiger partial charge on any atom is -0.497 e. The molecule has 166 valence electrons. The number of rotatable bonds is 7. The second-order valence-corrected chi connectivity index (χ2v) is 7.46. The van der Waals surface area contributed by atoms with E-state index in [0.29, 0.717) is 48.4 Å². The summed E-state index contributed by atoms with van der Waals surface area (Å²) >= 11 is 0. The molecular formula is C23H24F3NO4. The van der Waals surface area contributed by atoms with E-state index in [1.807, 2.05) is 0 Å². The fraction of sp³-hybridized carbons (Fsp3) is 0.391. The van der Waals surface area contributed by atoms with Crippen molar-refractivity contribution >= 4 is 11.7 Å². The number of piperidine rings is 1. The number of amides is 1. The molecular weight excluding hydrogens is 411 g/mol. The van der Waals surface area contributed by atoms with E-state index < -0.39 is 12.8 Å². The van der Waals surface area contributed by atoms with E-state index in [2.05, 4.69) is 4.74 Å². The van der Waals surface area contributed by atoms with Gasteiger partial charge in [0, 0.05) is 30.1 Å². The minimum absolute atomic E-state index is 0.0676. The van der Waals surface area contributed by atoms with E-state index in [4.69, 9.17) is 4.74 Å². The Morgan fingerprint density at radius 1 is 0.968 bits per heavy atom. The van der Waals surface area contributed by atoms with Gasteiger partial charge in [-0.2, -0.15) is 13.2 Å². The molecule has 1 aliphatic rings. The summed E-state index contributed by atoms with van der Waals surface area (Å²) in [4.78, 5) is 27.1. The number of halogens is 3. The van der Waals surface area contributed by atoms with Gasteiger partial charge in [-0.3, -0.25) is 9.59 Å². The summed E-state index contributed by atoms with van der Waals surface area (Å²) in [6.45, 7) is -0.533. The van der Waals surface area contributed by atoms with Crippen molar-refractivity contribution in [2.75, 3.05) is 26.8 Å². The van der Waals surface area contributed by atoms with Crippen molar-refractivity contribution in [1.29, 1.82) is 0 Å². The van der Waals surface area contributed by atoms with Crippen LogP contribution in [0.5, 0.6) is 5.75 Å². The van der Waals surface area contributed by atoms with Gasteiger partial charge in [0.2, 0.25) is 0 Å². The van der Waals surface area contributed by atoms with E-state index >= 15 is 0 Å². The first-order valence-corrected chi connectivity index (χ1v) is 9.98. The van der Waals surface area contributed by atoms with Gasteiger partial charge in [0.1, 0.15) is 12.4 Å². The Hall–Kier alpha value is -2.87. The zero-order valence-corrected chi connectivity index (χ0v) is 17.2. The lowest BCUT2D eigenvalue weighted by Crippen LogP contribution is -2.40. The Morgan fingerprint density at radius 3 is 2.10 bits per heavy atom. The number of carbonyl (C=O) groups excluding carboxylic acids is 2. The lowest BCUT2D eigenvalue weighted by molar-refractivity contribution is -0.176. The normalized spacial score (nSPS) is 15.0. The highest BCUT2D eigenvalue weighted by Crippen LogP contribution is 2.24. The first-order valence-electron chi connectivity index (χ1n) is 9.98. The molecule has 0 N–H and O–H groups in total.